The third kappa shape index (κ3) is 2.97. The summed E-state index contributed by atoms with van der Waals surface area (Å²) in [5, 5.41) is 0. The molecule has 3 saturated carbocycles. The van der Waals surface area contributed by atoms with Gasteiger partial charge in [0, 0.05) is 0 Å². The summed E-state index contributed by atoms with van der Waals surface area (Å²) in [5.41, 5.74) is 0.728. The molecular weight excluding hydrogens is 259 g/mol. The summed E-state index contributed by atoms with van der Waals surface area (Å²) in [4.78, 5) is 0. The molecule has 3 aliphatic carbocycles. The van der Waals surface area contributed by atoms with Crippen molar-refractivity contribution in [2.75, 3.05) is 6.16 Å². The zero-order valence-electron chi connectivity index (χ0n) is 13.4. The Hall–Kier alpha value is 0.430. The highest BCUT2D eigenvalue weighted by atomic mass is 31.0. The average molecular weight is 294 g/mol. The predicted molar refractivity (Wildman–Crippen MR) is 92.1 cm³/mol. The largest absolute Gasteiger partial charge is 0.137 e. The van der Waals surface area contributed by atoms with Crippen LogP contribution in [-0.4, -0.2) is 6.16 Å². The van der Waals surface area contributed by atoms with Gasteiger partial charge in [0.1, 0.15) is 0 Å². The molecule has 3 rings (SSSR count). The second-order valence-electron chi connectivity index (χ2n) is 8.02. The average Bonchev–Trinajstić information content (AvgIpc) is 2.56. The van der Waals surface area contributed by atoms with Crippen LogP contribution in [0.15, 0.2) is 0 Å². The highest BCUT2D eigenvalue weighted by molar-refractivity contribution is 7.16. The Balaban J connectivity index is 1.79. The molecule has 0 aromatic heterocycles. The summed E-state index contributed by atoms with van der Waals surface area (Å²) in [6.45, 7) is 0. The molecule has 116 valence electrons. The number of rotatable bonds is 3. The van der Waals surface area contributed by atoms with Crippen LogP contribution < -0.4 is 0 Å². The molecule has 0 heterocycles. The molecule has 0 spiro atoms. The fourth-order valence-electron chi connectivity index (χ4n) is 6.14. The summed E-state index contributed by atoms with van der Waals surface area (Å²) < 4.78 is 0. The second kappa shape index (κ2) is 7.13. The van der Waals surface area contributed by atoms with Crippen molar-refractivity contribution >= 4 is 9.24 Å². The molecule has 0 bridgehead atoms. The van der Waals surface area contributed by atoms with Crippen molar-refractivity contribution in [3.05, 3.63) is 0 Å². The van der Waals surface area contributed by atoms with Crippen molar-refractivity contribution in [3.8, 4) is 0 Å². The van der Waals surface area contributed by atoms with E-state index in [0.717, 1.165) is 23.2 Å². The first kappa shape index (κ1) is 15.3. The van der Waals surface area contributed by atoms with E-state index < -0.39 is 0 Å². The molecule has 0 saturated heterocycles. The van der Waals surface area contributed by atoms with Crippen LogP contribution in [0.2, 0.25) is 0 Å². The van der Waals surface area contributed by atoms with E-state index in [1.807, 2.05) is 0 Å². The van der Waals surface area contributed by atoms with Gasteiger partial charge in [-0.05, 0) is 55.0 Å². The van der Waals surface area contributed by atoms with Gasteiger partial charge in [0.25, 0.3) is 0 Å². The molecule has 3 fully saturated rings. The molecular formula is C19H35P. The van der Waals surface area contributed by atoms with Gasteiger partial charge >= 0.3 is 0 Å². The molecule has 0 aromatic rings. The lowest BCUT2D eigenvalue weighted by molar-refractivity contribution is -0.0151. The summed E-state index contributed by atoms with van der Waals surface area (Å²) in [6.07, 6.45) is 22.9. The van der Waals surface area contributed by atoms with Crippen molar-refractivity contribution in [1.29, 1.82) is 0 Å². The van der Waals surface area contributed by atoms with E-state index in [0.29, 0.717) is 0 Å². The van der Waals surface area contributed by atoms with E-state index in [1.54, 1.807) is 38.5 Å². The molecule has 3 aliphatic rings. The van der Waals surface area contributed by atoms with Gasteiger partial charge in [-0.25, -0.2) is 0 Å². The van der Waals surface area contributed by atoms with Crippen LogP contribution in [0.1, 0.15) is 89.9 Å². The smallest absolute Gasteiger partial charge is 0.0204 e. The standard InChI is InChI=1S/C19H35P/c20-15-19(17-11-5-2-6-12-17)14-8-7-13-18(19)16-9-3-1-4-10-16/h16-18H,1-15,20H2. The van der Waals surface area contributed by atoms with Crippen LogP contribution in [0.3, 0.4) is 0 Å². The highest BCUT2D eigenvalue weighted by Crippen LogP contribution is 2.56. The lowest BCUT2D eigenvalue weighted by Gasteiger charge is -2.53. The Labute approximate surface area is 129 Å². The molecule has 0 aromatic carbocycles. The highest BCUT2D eigenvalue weighted by Gasteiger charge is 2.47. The zero-order chi connectivity index (χ0) is 13.8. The first-order valence-corrected chi connectivity index (χ1v) is 10.4. The quantitative estimate of drug-likeness (QED) is 0.544. The molecule has 0 nitrogen and oxygen atoms in total. The minimum absolute atomic E-state index is 0.728. The molecule has 0 radical (unpaired) electrons. The van der Waals surface area contributed by atoms with Gasteiger partial charge in [0.15, 0.2) is 0 Å². The lowest BCUT2D eigenvalue weighted by atomic mass is 9.53. The number of hydrogen-bond acceptors (Lipinski definition) is 0. The minimum atomic E-state index is 0.728. The van der Waals surface area contributed by atoms with E-state index in [4.69, 9.17) is 0 Å². The zero-order valence-corrected chi connectivity index (χ0v) is 14.6. The summed E-state index contributed by atoms with van der Waals surface area (Å²) in [7, 11) is 3.19. The van der Waals surface area contributed by atoms with Crippen molar-refractivity contribution in [2.24, 2.45) is 23.2 Å². The fraction of sp³-hybridized carbons (Fsp3) is 1.00. The van der Waals surface area contributed by atoms with Gasteiger partial charge < -0.3 is 0 Å². The SMILES string of the molecule is PCC1(C2CCCCC2)CCCCC1C1CCCCC1. The van der Waals surface area contributed by atoms with Gasteiger partial charge in [0.2, 0.25) is 0 Å². The molecule has 20 heavy (non-hydrogen) atoms. The van der Waals surface area contributed by atoms with E-state index in [9.17, 15) is 0 Å². The Morgan fingerprint density at radius 2 is 1.30 bits per heavy atom. The summed E-state index contributed by atoms with van der Waals surface area (Å²) in [6, 6.07) is 0. The summed E-state index contributed by atoms with van der Waals surface area (Å²) >= 11 is 0. The third-order valence-electron chi connectivity index (χ3n) is 7.16. The normalized spacial score (nSPS) is 38.0. The van der Waals surface area contributed by atoms with Gasteiger partial charge in [-0.1, -0.05) is 64.2 Å². The topological polar surface area (TPSA) is 0 Å². The molecule has 1 heteroatoms. The van der Waals surface area contributed by atoms with E-state index in [-0.39, 0.29) is 0 Å². The van der Waals surface area contributed by atoms with Crippen molar-refractivity contribution < 1.29 is 0 Å². The van der Waals surface area contributed by atoms with Gasteiger partial charge in [-0.2, -0.15) is 0 Å². The van der Waals surface area contributed by atoms with Gasteiger partial charge in [0.05, 0.1) is 0 Å². The maximum absolute atomic E-state index is 3.19. The number of hydrogen-bond donors (Lipinski definition) is 0. The van der Waals surface area contributed by atoms with Crippen LogP contribution >= 0.6 is 9.24 Å². The van der Waals surface area contributed by atoms with Crippen LogP contribution in [0.5, 0.6) is 0 Å². The maximum atomic E-state index is 3.19. The fourth-order valence-corrected chi connectivity index (χ4v) is 6.98. The second-order valence-corrected chi connectivity index (χ2v) is 8.43. The van der Waals surface area contributed by atoms with Crippen LogP contribution in [0, 0.1) is 23.2 Å². The molecule has 0 amide bonds. The lowest BCUT2D eigenvalue weighted by Crippen LogP contribution is -2.46. The first-order chi connectivity index (χ1) is 9.87. The van der Waals surface area contributed by atoms with Gasteiger partial charge in [-0.15, -0.1) is 9.24 Å². The molecule has 0 N–H and O–H groups in total. The first-order valence-electron chi connectivity index (χ1n) is 9.57. The van der Waals surface area contributed by atoms with E-state index >= 15 is 0 Å². The Morgan fingerprint density at radius 1 is 0.700 bits per heavy atom. The summed E-state index contributed by atoms with van der Waals surface area (Å²) in [5.74, 6) is 3.24. The van der Waals surface area contributed by atoms with Crippen LogP contribution in [-0.2, 0) is 0 Å². The predicted octanol–water partition coefficient (Wildman–Crippen LogP) is 6.20. The molecule has 3 atom stereocenters. The Morgan fingerprint density at radius 3 is 1.95 bits per heavy atom. The molecule has 3 unspecified atom stereocenters. The van der Waals surface area contributed by atoms with Crippen LogP contribution in [0.4, 0.5) is 0 Å². The Kier molecular flexibility index (Phi) is 5.46. The van der Waals surface area contributed by atoms with Crippen molar-refractivity contribution in [1.82, 2.24) is 0 Å². The Bertz CT molecular complexity index is 288. The van der Waals surface area contributed by atoms with Crippen molar-refractivity contribution in [2.45, 2.75) is 89.9 Å². The maximum Gasteiger partial charge on any atom is -0.0204 e. The minimum Gasteiger partial charge on any atom is -0.137 e. The molecule has 0 aliphatic heterocycles. The van der Waals surface area contributed by atoms with Gasteiger partial charge in [-0.3, -0.25) is 0 Å². The monoisotopic (exact) mass is 294 g/mol. The van der Waals surface area contributed by atoms with E-state index in [1.165, 1.54) is 57.5 Å². The van der Waals surface area contributed by atoms with E-state index in [2.05, 4.69) is 9.24 Å². The van der Waals surface area contributed by atoms with Crippen molar-refractivity contribution in [3.63, 3.8) is 0 Å². The third-order valence-corrected chi connectivity index (χ3v) is 7.92. The van der Waals surface area contributed by atoms with Crippen LogP contribution in [0.25, 0.3) is 0 Å².